The summed E-state index contributed by atoms with van der Waals surface area (Å²) in [5.74, 6) is -0.836. The Labute approximate surface area is 106 Å². The Hall–Kier alpha value is -1.81. The number of primary amides is 1. The molecule has 10 heteroatoms. The summed E-state index contributed by atoms with van der Waals surface area (Å²) in [5, 5.41) is 27.9. The van der Waals surface area contributed by atoms with E-state index in [1.807, 2.05) is 0 Å². The summed E-state index contributed by atoms with van der Waals surface area (Å²) in [4.78, 5) is 21.0. The molecule has 0 unspecified atom stereocenters. The van der Waals surface area contributed by atoms with Crippen molar-refractivity contribution in [3.63, 3.8) is 0 Å². The number of carboxylic acids is 1. The lowest BCUT2D eigenvalue weighted by Crippen LogP contribution is -2.32. The number of hydrogen-bond donors (Lipinski definition) is 4. The van der Waals surface area contributed by atoms with Crippen molar-refractivity contribution >= 4 is 23.8 Å². The standard InChI is InChI=1S/C8H13N5O4S/c9-7(17)10-1-2-13-5(3-14)11-12-8(13)18-4-6(15)16/h14H,1-4H2,(H,15,16)(H3,9,10,17). The van der Waals surface area contributed by atoms with Crippen LogP contribution in [0.25, 0.3) is 0 Å². The summed E-state index contributed by atoms with van der Waals surface area (Å²) in [6.07, 6.45) is 0. The number of urea groups is 1. The molecule has 1 heterocycles. The summed E-state index contributed by atoms with van der Waals surface area (Å²) < 4.78 is 1.53. The third kappa shape index (κ3) is 4.22. The van der Waals surface area contributed by atoms with Gasteiger partial charge in [0.2, 0.25) is 0 Å². The van der Waals surface area contributed by atoms with Crippen molar-refractivity contribution in [2.45, 2.75) is 18.3 Å². The van der Waals surface area contributed by atoms with Gasteiger partial charge in [0, 0.05) is 13.1 Å². The highest BCUT2D eigenvalue weighted by molar-refractivity contribution is 7.99. The molecule has 0 aliphatic heterocycles. The van der Waals surface area contributed by atoms with Crippen molar-refractivity contribution in [1.29, 1.82) is 0 Å². The summed E-state index contributed by atoms with van der Waals surface area (Å²) in [6, 6.07) is -0.659. The average Bonchev–Trinajstić information content (AvgIpc) is 2.68. The van der Waals surface area contributed by atoms with Crippen LogP contribution in [0.4, 0.5) is 4.79 Å². The van der Waals surface area contributed by atoms with Gasteiger partial charge in [-0.05, 0) is 0 Å². The van der Waals surface area contributed by atoms with Crippen LogP contribution in [0.2, 0.25) is 0 Å². The fourth-order valence-corrected chi connectivity index (χ4v) is 1.89. The number of aliphatic carboxylic acids is 1. The van der Waals surface area contributed by atoms with Crippen molar-refractivity contribution in [2.24, 2.45) is 5.73 Å². The lowest BCUT2D eigenvalue weighted by molar-refractivity contribution is -0.133. The minimum absolute atomic E-state index is 0.160. The SMILES string of the molecule is NC(=O)NCCn1c(CO)nnc1SCC(=O)O. The molecule has 1 aromatic rings. The quantitative estimate of drug-likeness (QED) is 0.449. The van der Waals surface area contributed by atoms with E-state index in [4.69, 9.17) is 15.9 Å². The third-order valence-corrected chi connectivity index (χ3v) is 2.85. The van der Waals surface area contributed by atoms with Gasteiger partial charge in [-0.2, -0.15) is 0 Å². The van der Waals surface area contributed by atoms with Gasteiger partial charge in [-0.1, -0.05) is 11.8 Å². The molecular formula is C8H13N5O4S. The molecule has 9 nitrogen and oxygen atoms in total. The van der Waals surface area contributed by atoms with E-state index in [2.05, 4.69) is 15.5 Å². The Morgan fingerprint density at radius 1 is 1.44 bits per heavy atom. The molecule has 0 aliphatic rings. The minimum atomic E-state index is -0.977. The topological polar surface area (TPSA) is 143 Å². The van der Waals surface area contributed by atoms with E-state index >= 15 is 0 Å². The number of nitrogens with one attached hydrogen (secondary N) is 1. The molecular weight excluding hydrogens is 262 g/mol. The number of amides is 2. The molecule has 0 radical (unpaired) electrons. The van der Waals surface area contributed by atoms with Crippen LogP contribution in [0.3, 0.4) is 0 Å². The second-order valence-corrected chi connectivity index (χ2v) is 4.12. The molecule has 0 spiro atoms. The first-order valence-corrected chi connectivity index (χ1v) is 5.94. The van der Waals surface area contributed by atoms with Gasteiger partial charge in [0.25, 0.3) is 0 Å². The van der Waals surface area contributed by atoms with Gasteiger partial charge in [-0.15, -0.1) is 10.2 Å². The number of aromatic nitrogens is 3. The predicted molar refractivity (Wildman–Crippen MR) is 61.9 cm³/mol. The molecule has 1 aromatic heterocycles. The van der Waals surface area contributed by atoms with Gasteiger partial charge in [0.1, 0.15) is 6.61 Å². The zero-order valence-electron chi connectivity index (χ0n) is 9.37. The smallest absolute Gasteiger partial charge is 0.313 e. The van der Waals surface area contributed by atoms with E-state index in [0.29, 0.717) is 17.5 Å². The van der Waals surface area contributed by atoms with Gasteiger partial charge in [-0.3, -0.25) is 4.79 Å². The van der Waals surface area contributed by atoms with Crippen LogP contribution >= 0.6 is 11.8 Å². The second-order valence-electron chi connectivity index (χ2n) is 3.18. The number of carbonyl (C=O) groups excluding carboxylic acids is 1. The molecule has 1 rings (SSSR count). The van der Waals surface area contributed by atoms with E-state index in [9.17, 15) is 9.59 Å². The average molecular weight is 275 g/mol. The highest BCUT2D eigenvalue weighted by Gasteiger charge is 2.13. The Bertz CT molecular complexity index is 435. The molecule has 18 heavy (non-hydrogen) atoms. The lowest BCUT2D eigenvalue weighted by atomic mass is 10.5. The van der Waals surface area contributed by atoms with E-state index in [0.717, 1.165) is 11.8 Å². The third-order valence-electron chi connectivity index (χ3n) is 1.89. The van der Waals surface area contributed by atoms with Crippen molar-refractivity contribution in [2.75, 3.05) is 12.3 Å². The fraction of sp³-hybridized carbons (Fsp3) is 0.500. The van der Waals surface area contributed by atoms with Crippen LogP contribution in [0, 0.1) is 0 Å². The normalized spacial score (nSPS) is 10.3. The maximum absolute atomic E-state index is 10.5. The molecule has 0 atom stereocenters. The first kappa shape index (κ1) is 14.3. The molecule has 0 saturated heterocycles. The monoisotopic (exact) mass is 275 g/mol. The maximum atomic E-state index is 10.5. The van der Waals surface area contributed by atoms with E-state index in [-0.39, 0.29) is 18.9 Å². The van der Waals surface area contributed by atoms with Gasteiger partial charge in [0.15, 0.2) is 11.0 Å². The van der Waals surface area contributed by atoms with Crippen molar-refractivity contribution in [1.82, 2.24) is 20.1 Å². The number of aliphatic hydroxyl groups is 1. The zero-order chi connectivity index (χ0) is 13.5. The van der Waals surface area contributed by atoms with Crippen molar-refractivity contribution in [3.8, 4) is 0 Å². The molecule has 5 N–H and O–H groups in total. The number of nitrogens with zero attached hydrogens (tertiary/aromatic N) is 3. The number of thioether (sulfide) groups is 1. The number of nitrogens with two attached hydrogens (primary N) is 1. The zero-order valence-corrected chi connectivity index (χ0v) is 10.2. The van der Waals surface area contributed by atoms with Crippen LogP contribution < -0.4 is 11.1 Å². The molecule has 0 saturated carbocycles. The van der Waals surface area contributed by atoms with Gasteiger partial charge in [-0.25, -0.2) is 4.79 Å². The number of aliphatic hydroxyl groups excluding tert-OH is 1. The predicted octanol–water partition coefficient (Wildman–Crippen LogP) is -1.38. The van der Waals surface area contributed by atoms with Crippen LogP contribution in [-0.4, -0.2) is 49.3 Å². The minimum Gasteiger partial charge on any atom is -0.481 e. The van der Waals surface area contributed by atoms with Crippen LogP contribution in [0.15, 0.2) is 5.16 Å². The van der Waals surface area contributed by atoms with E-state index < -0.39 is 12.0 Å². The summed E-state index contributed by atoms with van der Waals surface area (Å²) in [7, 11) is 0. The first-order valence-electron chi connectivity index (χ1n) is 4.95. The summed E-state index contributed by atoms with van der Waals surface area (Å²) >= 11 is 0.985. The van der Waals surface area contributed by atoms with Crippen molar-refractivity contribution < 1.29 is 19.8 Å². The van der Waals surface area contributed by atoms with Crippen molar-refractivity contribution in [3.05, 3.63) is 5.82 Å². The van der Waals surface area contributed by atoms with Crippen LogP contribution in [-0.2, 0) is 17.9 Å². The maximum Gasteiger partial charge on any atom is 0.313 e. The lowest BCUT2D eigenvalue weighted by Gasteiger charge is -2.08. The molecule has 0 aliphatic carbocycles. The van der Waals surface area contributed by atoms with Gasteiger partial charge >= 0.3 is 12.0 Å². The fourth-order valence-electron chi connectivity index (χ4n) is 1.18. The van der Waals surface area contributed by atoms with Crippen LogP contribution in [0.5, 0.6) is 0 Å². The highest BCUT2D eigenvalue weighted by Crippen LogP contribution is 2.16. The molecule has 2 amide bonds. The van der Waals surface area contributed by atoms with Gasteiger partial charge < -0.3 is 25.8 Å². The first-order chi connectivity index (χ1) is 8.54. The molecule has 100 valence electrons. The molecule has 0 fully saturated rings. The number of carbonyl (C=O) groups is 2. The number of carboxylic acid groups (broad SMARTS) is 1. The Morgan fingerprint density at radius 2 is 2.17 bits per heavy atom. The summed E-state index contributed by atoms with van der Waals surface area (Å²) in [5.41, 5.74) is 4.92. The molecule has 0 aromatic carbocycles. The van der Waals surface area contributed by atoms with E-state index in [1.54, 1.807) is 0 Å². The number of hydrogen-bond acceptors (Lipinski definition) is 6. The Morgan fingerprint density at radius 3 is 2.72 bits per heavy atom. The van der Waals surface area contributed by atoms with E-state index in [1.165, 1.54) is 4.57 Å². The highest BCUT2D eigenvalue weighted by atomic mass is 32.2. The second kappa shape index (κ2) is 6.81. The summed E-state index contributed by atoms with van der Waals surface area (Å²) in [6.45, 7) is 0.214. The Kier molecular flexibility index (Phi) is 5.39. The Balaban J connectivity index is 2.68. The largest absolute Gasteiger partial charge is 0.481 e. The molecule has 0 bridgehead atoms. The van der Waals surface area contributed by atoms with Gasteiger partial charge in [0.05, 0.1) is 5.75 Å². The number of rotatable bonds is 7. The van der Waals surface area contributed by atoms with Crippen LogP contribution in [0.1, 0.15) is 5.82 Å².